The fourth-order valence-corrected chi connectivity index (χ4v) is 5.22. The molecule has 3 aromatic heterocycles. The van der Waals surface area contributed by atoms with Crippen LogP contribution < -0.4 is 5.56 Å². The highest BCUT2D eigenvalue weighted by Crippen LogP contribution is 2.26. The van der Waals surface area contributed by atoms with Gasteiger partial charge in [0.1, 0.15) is 0 Å². The van der Waals surface area contributed by atoms with E-state index in [-0.39, 0.29) is 23.3 Å². The van der Waals surface area contributed by atoms with Crippen LogP contribution in [0.1, 0.15) is 12.8 Å². The van der Waals surface area contributed by atoms with Gasteiger partial charge >= 0.3 is 0 Å². The van der Waals surface area contributed by atoms with Gasteiger partial charge in [-0.1, -0.05) is 0 Å². The van der Waals surface area contributed by atoms with E-state index in [4.69, 9.17) is 0 Å². The molecule has 1 aliphatic heterocycles. The molecule has 0 aromatic carbocycles. The lowest BCUT2D eigenvalue weighted by atomic mass is 10.2. The maximum atomic E-state index is 13.0. The molecule has 0 aliphatic carbocycles. The van der Waals surface area contributed by atoms with Crippen LogP contribution >= 0.6 is 0 Å². The van der Waals surface area contributed by atoms with Crippen LogP contribution in [0.15, 0.2) is 59.0 Å². The number of hydrogen-bond donors (Lipinski definition) is 0. The first-order valence-corrected chi connectivity index (χ1v) is 10.4. The Bertz CT molecular complexity index is 1140. The molecule has 28 heavy (non-hydrogen) atoms. The van der Waals surface area contributed by atoms with Gasteiger partial charge in [0.15, 0.2) is 0 Å². The molecule has 0 spiro atoms. The first kappa shape index (κ1) is 18.5. The third-order valence-corrected chi connectivity index (χ3v) is 6.80. The molecular formula is C18H20N6O3S. The third-order valence-electron chi connectivity index (χ3n) is 4.85. The molecule has 1 atom stereocenters. The van der Waals surface area contributed by atoms with Crippen LogP contribution in [0.25, 0.3) is 11.3 Å². The van der Waals surface area contributed by atoms with E-state index in [2.05, 4.69) is 15.1 Å². The zero-order chi connectivity index (χ0) is 19.7. The number of hydrogen-bond acceptors (Lipinski definition) is 6. The van der Waals surface area contributed by atoms with Gasteiger partial charge in [0.2, 0.25) is 5.16 Å². The molecular weight excluding hydrogens is 380 g/mol. The highest BCUT2D eigenvalue weighted by molar-refractivity contribution is 7.89. The van der Waals surface area contributed by atoms with E-state index in [0.717, 1.165) is 12.0 Å². The van der Waals surface area contributed by atoms with Crippen molar-refractivity contribution in [2.24, 2.45) is 7.05 Å². The quantitative estimate of drug-likeness (QED) is 0.630. The van der Waals surface area contributed by atoms with Crippen LogP contribution in [0.4, 0.5) is 0 Å². The molecule has 1 fully saturated rings. The lowest BCUT2D eigenvalue weighted by Gasteiger charge is -2.23. The van der Waals surface area contributed by atoms with E-state index in [0.29, 0.717) is 18.7 Å². The number of sulfonamides is 1. The van der Waals surface area contributed by atoms with Gasteiger partial charge in [-0.25, -0.2) is 18.1 Å². The number of aromatic nitrogens is 5. The van der Waals surface area contributed by atoms with E-state index >= 15 is 0 Å². The second-order valence-corrected chi connectivity index (χ2v) is 8.50. The molecule has 0 radical (unpaired) electrons. The smallest absolute Gasteiger partial charge is 0.277 e. The molecule has 4 heterocycles. The van der Waals surface area contributed by atoms with E-state index in [9.17, 15) is 13.2 Å². The summed E-state index contributed by atoms with van der Waals surface area (Å²) in [6.07, 6.45) is 7.78. The molecule has 10 heteroatoms. The summed E-state index contributed by atoms with van der Waals surface area (Å²) in [5.41, 5.74) is 1.14. The fraction of sp³-hybridized carbons (Fsp3) is 0.333. The second-order valence-electron chi connectivity index (χ2n) is 6.71. The van der Waals surface area contributed by atoms with Crippen LogP contribution in [0.2, 0.25) is 0 Å². The summed E-state index contributed by atoms with van der Waals surface area (Å²) in [6, 6.07) is 6.40. The Labute approximate surface area is 162 Å². The van der Waals surface area contributed by atoms with Crippen LogP contribution in [0.3, 0.4) is 0 Å². The highest BCUT2D eigenvalue weighted by atomic mass is 32.2. The first-order chi connectivity index (χ1) is 13.5. The lowest BCUT2D eigenvalue weighted by molar-refractivity contribution is 0.332. The van der Waals surface area contributed by atoms with Gasteiger partial charge in [-0.15, -0.1) is 0 Å². The predicted molar refractivity (Wildman–Crippen MR) is 102 cm³/mol. The summed E-state index contributed by atoms with van der Waals surface area (Å²) in [5.74, 6) is 0. The fourth-order valence-electron chi connectivity index (χ4n) is 3.46. The lowest BCUT2D eigenvalue weighted by Crippen LogP contribution is -2.41. The number of imidazole rings is 1. The summed E-state index contributed by atoms with van der Waals surface area (Å²) in [4.78, 5) is 20.4. The third kappa shape index (κ3) is 3.36. The summed E-state index contributed by atoms with van der Waals surface area (Å²) >= 11 is 0. The minimum absolute atomic E-state index is 0.00353. The first-order valence-electron chi connectivity index (χ1n) is 8.94. The molecule has 0 bridgehead atoms. The summed E-state index contributed by atoms with van der Waals surface area (Å²) in [5, 5.41) is 4.43. The Morgan fingerprint density at radius 1 is 1.21 bits per heavy atom. The van der Waals surface area contributed by atoms with Crippen molar-refractivity contribution in [3.05, 3.63) is 59.4 Å². The van der Waals surface area contributed by atoms with E-state index in [1.54, 1.807) is 37.8 Å². The largest absolute Gasteiger partial charge is 0.324 e. The molecule has 9 nitrogen and oxygen atoms in total. The Kier molecular flexibility index (Phi) is 4.82. The summed E-state index contributed by atoms with van der Waals surface area (Å²) in [6.45, 7) is 0.591. The Hall–Kier alpha value is -2.85. The minimum atomic E-state index is -3.74. The zero-order valence-corrected chi connectivity index (χ0v) is 16.2. The molecule has 1 aliphatic rings. The van der Waals surface area contributed by atoms with Crippen molar-refractivity contribution in [2.45, 2.75) is 30.6 Å². The minimum Gasteiger partial charge on any atom is -0.324 e. The number of pyridine rings is 1. The van der Waals surface area contributed by atoms with Gasteiger partial charge in [0, 0.05) is 56.1 Å². The molecule has 1 saturated heterocycles. The van der Waals surface area contributed by atoms with E-state index < -0.39 is 10.0 Å². The van der Waals surface area contributed by atoms with Crippen LogP contribution in [-0.2, 0) is 23.6 Å². The van der Waals surface area contributed by atoms with Crippen molar-refractivity contribution >= 4 is 10.0 Å². The molecule has 146 valence electrons. The van der Waals surface area contributed by atoms with Gasteiger partial charge in [-0.2, -0.15) is 9.40 Å². The van der Waals surface area contributed by atoms with Gasteiger partial charge in [0.25, 0.3) is 15.6 Å². The van der Waals surface area contributed by atoms with E-state index in [1.165, 1.54) is 25.8 Å². The maximum absolute atomic E-state index is 13.0. The topological polar surface area (TPSA) is 103 Å². The molecule has 0 amide bonds. The summed E-state index contributed by atoms with van der Waals surface area (Å²) < 4.78 is 30.3. The normalized spacial score (nSPS) is 17.8. The van der Waals surface area contributed by atoms with Crippen molar-refractivity contribution in [3.8, 4) is 11.3 Å². The van der Waals surface area contributed by atoms with Crippen LogP contribution in [-0.4, -0.2) is 49.6 Å². The Morgan fingerprint density at radius 3 is 2.79 bits per heavy atom. The number of rotatable bonds is 5. The zero-order valence-electron chi connectivity index (χ0n) is 15.3. The van der Waals surface area contributed by atoms with Crippen molar-refractivity contribution in [3.63, 3.8) is 0 Å². The maximum Gasteiger partial charge on any atom is 0.277 e. The van der Waals surface area contributed by atoms with E-state index in [1.807, 2.05) is 6.07 Å². The SMILES string of the molecule is Cn1ccnc1S(=O)(=O)N1CCCC1Cn1nc(-c2cccnc2)ccc1=O. The predicted octanol–water partition coefficient (Wildman–Crippen LogP) is 0.892. The van der Waals surface area contributed by atoms with Gasteiger partial charge < -0.3 is 4.57 Å². The molecule has 1 unspecified atom stereocenters. The average molecular weight is 400 g/mol. The summed E-state index contributed by atoms with van der Waals surface area (Å²) in [7, 11) is -2.09. The number of aryl methyl sites for hydroxylation is 1. The Morgan fingerprint density at radius 2 is 2.07 bits per heavy atom. The van der Waals surface area contributed by atoms with Crippen LogP contribution in [0, 0.1) is 0 Å². The van der Waals surface area contributed by atoms with Gasteiger partial charge in [-0.05, 0) is 31.0 Å². The standard InChI is InChI=1S/C18H20N6O3S/c1-22-11-9-20-18(22)28(26,27)24-10-3-5-15(24)13-23-17(25)7-6-16(21-23)14-4-2-8-19-12-14/h2,4,6-9,11-12,15H,3,5,10,13H2,1H3. The molecule has 3 aromatic rings. The number of nitrogens with zero attached hydrogens (tertiary/aromatic N) is 6. The Balaban J connectivity index is 1.64. The average Bonchev–Trinajstić information content (AvgIpc) is 3.34. The van der Waals surface area contributed by atoms with Crippen molar-refractivity contribution in [1.29, 1.82) is 0 Å². The van der Waals surface area contributed by atoms with Gasteiger partial charge in [0.05, 0.1) is 12.2 Å². The molecule has 4 rings (SSSR count). The van der Waals surface area contributed by atoms with Crippen LogP contribution in [0.5, 0.6) is 0 Å². The van der Waals surface area contributed by atoms with Gasteiger partial charge in [-0.3, -0.25) is 9.78 Å². The second kappa shape index (κ2) is 7.28. The molecule has 0 saturated carbocycles. The monoisotopic (exact) mass is 400 g/mol. The molecule has 0 N–H and O–H groups in total. The van der Waals surface area contributed by atoms with Crippen molar-refractivity contribution in [2.75, 3.05) is 6.54 Å². The highest BCUT2D eigenvalue weighted by Gasteiger charge is 2.37. The van der Waals surface area contributed by atoms with Crippen molar-refractivity contribution in [1.82, 2.24) is 28.6 Å². The van der Waals surface area contributed by atoms with Crippen molar-refractivity contribution < 1.29 is 8.42 Å².